The molecular weight excluding hydrogens is 414 g/mol. The van der Waals surface area contributed by atoms with Crippen molar-refractivity contribution in [3.05, 3.63) is 30.3 Å². The van der Waals surface area contributed by atoms with Gasteiger partial charge in [0.25, 0.3) is 5.91 Å². The summed E-state index contributed by atoms with van der Waals surface area (Å²) in [5.41, 5.74) is 1.24. The molecule has 10 nitrogen and oxygen atoms in total. The number of likely N-dealkylation sites (tertiary alicyclic amines) is 1. The van der Waals surface area contributed by atoms with Gasteiger partial charge in [-0.05, 0) is 6.07 Å². The molecule has 170 valence electrons. The van der Waals surface area contributed by atoms with Crippen LogP contribution in [0.5, 0.6) is 5.75 Å². The molecule has 10 heteroatoms. The lowest BCUT2D eigenvalue weighted by atomic mass is 9.96. The number of hydrogen-bond donors (Lipinski definition) is 1. The Morgan fingerprint density at radius 1 is 1.25 bits per heavy atom. The summed E-state index contributed by atoms with van der Waals surface area (Å²) in [7, 11) is 3.36. The monoisotopic (exact) mass is 441 g/mol. The number of hydrogen-bond acceptors (Lipinski definition) is 8. The van der Waals surface area contributed by atoms with Crippen molar-refractivity contribution in [3.8, 4) is 17.1 Å². The number of ether oxygens (including phenoxy) is 2. The van der Waals surface area contributed by atoms with Gasteiger partial charge < -0.3 is 29.0 Å². The van der Waals surface area contributed by atoms with Crippen LogP contribution in [0.4, 0.5) is 5.69 Å². The van der Waals surface area contributed by atoms with Crippen molar-refractivity contribution in [1.82, 2.24) is 19.7 Å². The Labute approximate surface area is 186 Å². The van der Waals surface area contributed by atoms with E-state index in [0.717, 1.165) is 13.1 Å². The molecule has 32 heavy (non-hydrogen) atoms. The van der Waals surface area contributed by atoms with Crippen molar-refractivity contribution in [2.45, 2.75) is 12.1 Å². The van der Waals surface area contributed by atoms with Gasteiger partial charge in [-0.1, -0.05) is 0 Å². The number of likely N-dealkylation sites (N-methyl/N-ethyl adjacent to an activating group) is 1. The minimum atomic E-state index is -0.649. The van der Waals surface area contributed by atoms with Gasteiger partial charge in [0.2, 0.25) is 5.91 Å². The number of benzene rings is 1. The summed E-state index contributed by atoms with van der Waals surface area (Å²) >= 11 is 0. The molecule has 0 saturated carbocycles. The van der Waals surface area contributed by atoms with Crippen LogP contribution in [-0.4, -0.2) is 97.3 Å². The third-order valence-electron chi connectivity index (χ3n) is 6.64. The minimum Gasteiger partial charge on any atom is -0.496 e. The van der Waals surface area contributed by atoms with E-state index in [4.69, 9.17) is 13.9 Å². The number of carbonyl (C=O) groups excluding carboxylic acids is 2. The number of carbonyl (C=O) groups is 2. The molecule has 0 radical (unpaired) electrons. The Morgan fingerprint density at radius 2 is 2.06 bits per heavy atom. The fraction of sp³-hybridized carbons (Fsp3) is 0.500. The van der Waals surface area contributed by atoms with E-state index in [2.05, 4.69) is 15.2 Å². The lowest BCUT2D eigenvalue weighted by Gasteiger charge is -2.44. The summed E-state index contributed by atoms with van der Waals surface area (Å²) < 4.78 is 16.3. The standard InChI is InChI=1S/C22H27N5O5/c1-25-21(29)15-9-16(19-11-23-14-32-19)18(30-2)10-17(15)24-22(25)3-4-27(13-22)20(28)12-26-5-7-31-8-6-26/h9-11,14,24H,3-8,12-13H2,1-2H3. The lowest BCUT2D eigenvalue weighted by Crippen LogP contribution is -2.60. The molecule has 1 aromatic heterocycles. The third kappa shape index (κ3) is 3.49. The summed E-state index contributed by atoms with van der Waals surface area (Å²) in [5.74, 6) is 1.08. The fourth-order valence-corrected chi connectivity index (χ4v) is 4.71. The van der Waals surface area contributed by atoms with Crippen LogP contribution >= 0.6 is 0 Å². The molecule has 1 unspecified atom stereocenters. The maximum absolute atomic E-state index is 13.4. The molecule has 1 atom stereocenters. The van der Waals surface area contributed by atoms with Crippen molar-refractivity contribution in [3.63, 3.8) is 0 Å². The number of aromatic nitrogens is 1. The van der Waals surface area contributed by atoms with E-state index in [1.807, 2.05) is 11.0 Å². The van der Waals surface area contributed by atoms with Gasteiger partial charge in [0.05, 0.1) is 56.4 Å². The zero-order chi connectivity index (χ0) is 22.3. The molecule has 0 bridgehead atoms. The highest BCUT2D eigenvalue weighted by atomic mass is 16.5. The maximum Gasteiger partial charge on any atom is 0.257 e. The normalized spacial score (nSPS) is 23.4. The van der Waals surface area contributed by atoms with Gasteiger partial charge in [0.15, 0.2) is 12.2 Å². The topological polar surface area (TPSA) is 100 Å². The van der Waals surface area contributed by atoms with E-state index in [1.165, 1.54) is 6.39 Å². The van der Waals surface area contributed by atoms with Crippen molar-refractivity contribution in [2.75, 3.05) is 65.4 Å². The first-order valence-corrected chi connectivity index (χ1v) is 10.8. The molecule has 2 amide bonds. The van der Waals surface area contributed by atoms with Crippen molar-refractivity contribution in [1.29, 1.82) is 0 Å². The van der Waals surface area contributed by atoms with Crippen molar-refractivity contribution >= 4 is 17.5 Å². The van der Waals surface area contributed by atoms with Crippen LogP contribution in [0.1, 0.15) is 16.8 Å². The number of rotatable bonds is 4. The maximum atomic E-state index is 13.4. The Morgan fingerprint density at radius 3 is 2.78 bits per heavy atom. The summed E-state index contributed by atoms with van der Waals surface area (Å²) in [5, 5.41) is 3.54. The second kappa shape index (κ2) is 8.10. The van der Waals surface area contributed by atoms with Crippen LogP contribution in [-0.2, 0) is 9.53 Å². The predicted octanol–water partition coefficient (Wildman–Crippen LogP) is 1.11. The number of amides is 2. The molecule has 3 aliphatic rings. The first kappa shape index (κ1) is 20.8. The largest absolute Gasteiger partial charge is 0.496 e. The second-order valence-corrected chi connectivity index (χ2v) is 8.44. The van der Waals surface area contributed by atoms with Gasteiger partial charge in [-0.2, -0.15) is 0 Å². The number of oxazole rings is 1. The second-order valence-electron chi connectivity index (χ2n) is 8.44. The molecule has 3 aliphatic heterocycles. The zero-order valence-corrected chi connectivity index (χ0v) is 18.3. The van der Waals surface area contributed by atoms with Gasteiger partial charge in [-0.15, -0.1) is 0 Å². The van der Waals surface area contributed by atoms with Crippen LogP contribution < -0.4 is 10.1 Å². The van der Waals surface area contributed by atoms with Gasteiger partial charge in [-0.25, -0.2) is 4.98 Å². The predicted molar refractivity (Wildman–Crippen MR) is 115 cm³/mol. The Kier molecular flexibility index (Phi) is 5.26. The highest BCUT2D eigenvalue weighted by molar-refractivity contribution is 6.04. The number of nitrogens with one attached hydrogen (secondary N) is 1. The summed E-state index contributed by atoms with van der Waals surface area (Å²) in [6.07, 6.45) is 3.58. The number of morpholine rings is 1. The lowest BCUT2D eigenvalue weighted by molar-refractivity contribution is -0.132. The van der Waals surface area contributed by atoms with Crippen LogP contribution in [0.3, 0.4) is 0 Å². The van der Waals surface area contributed by atoms with E-state index >= 15 is 0 Å². The summed E-state index contributed by atoms with van der Waals surface area (Å²) in [4.78, 5) is 35.9. The average molecular weight is 441 g/mol. The van der Waals surface area contributed by atoms with E-state index in [0.29, 0.717) is 67.6 Å². The minimum absolute atomic E-state index is 0.0791. The fourth-order valence-electron chi connectivity index (χ4n) is 4.71. The number of anilines is 1. The van der Waals surface area contributed by atoms with Crippen molar-refractivity contribution < 1.29 is 23.5 Å². The molecule has 2 aromatic rings. The summed E-state index contributed by atoms with van der Waals surface area (Å²) in [6.45, 7) is 4.25. The first-order valence-electron chi connectivity index (χ1n) is 10.8. The first-order chi connectivity index (χ1) is 15.5. The number of nitrogens with zero attached hydrogens (tertiary/aromatic N) is 4. The number of methoxy groups -OCH3 is 1. The van der Waals surface area contributed by atoms with E-state index in [-0.39, 0.29) is 11.8 Å². The molecule has 2 saturated heterocycles. The average Bonchev–Trinajstić information content (AvgIpc) is 3.49. The third-order valence-corrected chi connectivity index (χ3v) is 6.64. The van der Waals surface area contributed by atoms with Gasteiger partial charge >= 0.3 is 0 Å². The van der Waals surface area contributed by atoms with E-state index in [1.54, 1.807) is 31.3 Å². The molecule has 0 aliphatic carbocycles. The molecule has 4 heterocycles. The quantitative estimate of drug-likeness (QED) is 0.753. The highest BCUT2D eigenvalue weighted by Crippen LogP contribution is 2.41. The van der Waals surface area contributed by atoms with Crippen LogP contribution in [0.2, 0.25) is 0 Å². The molecule has 1 spiro atoms. The van der Waals surface area contributed by atoms with Crippen LogP contribution in [0.15, 0.2) is 29.1 Å². The van der Waals surface area contributed by atoms with Gasteiger partial charge in [0.1, 0.15) is 11.4 Å². The molecule has 2 fully saturated rings. The zero-order valence-electron chi connectivity index (χ0n) is 18.3. The van der Waals surface area contributed by atoms with Gasteiger partial charge in [0, 0.05) is 39.2 Å². The summed E-state index contributed by atoms with van der Waals surface area (Å²) in [6, 6.07) is 3.59. The molecule has 5 rings (SSSR count). The molecule has 1 N–H and O–H groups in total. The highest BCUT2D eigenvalue weighted by Gasteiger charge is 2.48. The molecular formula is C22H27N5O5. The van der Waals surface area contributed by atoms with Crippen LogP contribution in [0, 0.1) is 0 Å². The van der Waals surface area contributed by atoms with E-state index < -0.39 is 5.66 Å². The Bertz CT molecular complexity index is 1020. The SMILES string of the molecule is COc1cc2c(cc1-c1cnco1)C(=O)N(C)C1(CCN(C(=O)CN3CCOCC3)C1)N2. The molecule has 1 aromatic carbocycles. The number of fused-ring (bicyclic) bond motifs is 1. The Hall–Kier alpha value is -3.11. The van der Waals surface area contributed by atoms with Crippen LogP contribution in [0.25, 0.3) is 11.3 Å². The smallest absolute Gasteiger partial charge is 0.257 e. The Balaban J connectivity index is 1.39. The van der Waals surface area contributed by atoms with Crippen molar-refractivity contribution in [2.24, 2.45) is 0 Å². The van der Waals surface area contributed by atoms with Gasteiger partial charge in [-0.3, -0.25) is 14.5 Å². The van der Waals surface area contributed by atoms with E-state index in [9.17, 15) is 9.59 Å².